The highest BCUT2D eigenvalue weighted by Gasteiger charge is 2.13. The van der Waals surface area contributed by atoms with Crippen LogP contribution in [0.25, 0.3) is 0 Å². The van der Waals surface area contributed by atoms with Crippen LogP contribution in [0.2, 0.25) is 0 Å². The Hall–Kier alpha value is -2.49. The summed E-state index contributed by atoms with van der Waals surface area (Å²) in [6.07, 6.45) is 0. The molecule has 2 rings (SSSR count). The Morgan fingerprint density at radius 3 is 2.59 bits per heavy atom. The van der Waals surface area contributed by atoms with Crippen molar-refractivity contribution in [2.45, 2.75) is 26.8 Å². The van der Waals surface area contributed by atoms with Crippen molar-refractivity contribution >= 4 is 11.7 Å². The fraction of sp³-hybridized carbons (Fsp3) is 0.278. The van der Waals surface area contributed by atoms with Gasteiger partial charge in [0, 0.05) is 0 Å². The van der Waals surface area contributed by atoms with E-state index in [1.54, 1.807) is 13.2 Å². The van der Waals surface area contributed by atoms with Gasteiger partial charge in [0.2, 0.25) is 0 Å². The molecular weight excluding hydrogens is 276 g/mol. The summed E-state index contributed by atoms with van der Waals surface area (Å²) < 4.78 is 5.23. The highest BCUT2D eigenvalue weighted by Crippen LogP contribution is 2.23. The van der Waals surface area contributed by atoms with E-state index in [4.69, 9.17) is 4.74 Å². The smallest absolute Gasteiger partial charge is 0.319 e. The van der Waals surface area contributed by atoms with Gasteiger partial charge in [-0.25, -0.2) is 4.79 Å². The minimum absolute atomic E-state index is 0.0744. The number of anilines is 1. The Balaban J connectivity index is 2.07. The number of carbonyl (C=O) groups excluding carboxylic acids is 1. The normalized spacial score (nSPS) is 11.6. The van der Waals surface area contributed by atoms with Crippen molar-refractivity contribution in [1.29, 1.82) is 0 Å². The van der Waals surface area contributed by atoms with Crippen LogP contribution in [-0.4, -0.2) is 13.1 Å². The first-order chi connectivity index (χ1) is 10.5. The molecule has 0 radical (unpaired) electrons. The molecule has 0 spiro atoms. The Morgan fingerprint density at radius 2 is 1.86 bits per heavy atom. The molecule has 2 aromatic rings. The Bertz CT molecular complexity index is 668. The maximum absolute atomic E-state index is 12.2. The van der Waals surface area contributed by atoms with E-state index in [1.165, 1.54) is 5.56 Å². The zero-order chi connectivity index (χ0) is 16.1. The van der Waals surface area contributed by atoms with Gasteiger partial charge in [0.15, 0.2) is 0 Å². The quantitative estimate of drug-likeness (QED) is 0.889. The highest BCUT2D eigenvalue weighted by molar-refractivity contribution is 5.91. The summed E-state index contributed by atoms with van der Waals surface area (Å²) in [7, 11) is 1.58. The molecular formula is C18H22N2O2. The molecule has 2 amide bonds. The van der Waals surface area contributed by atoms with Crippen molar-refractivity contribution < 1.29 is 9.53 Å². The van der Waals surface area contributed by atoms with Gasteiger partial charge in [-0.2, -0.15) is 0 Å². The predicted octanol–water partition coefficient (Wildman–Crippen LogP) is 4.19. The third-order valence-corrected chi connectivity index (χ3v) is 3.60. The zero-order valence-corrected chi connectivity index (χ0v) is 13.4. The number of benzene rings is 2. The first kappa shape index (κ1) is 15.9. The maximum atomic E-state index is 12.2. The summed E-state index contributed by atoms with van der Waals surface area (Å²) in [6, 6.07) is 13.2. The second-order valence-corrected chi connectivity index (χ2v) is 5.38. The SMILES string of the molecule is COc1ccccc1NC(=O)NC(C)c1cc(C)ccc1C. The average molecular weight is 298 g/mol. The van der Waals surface area contributed by atoms with Gasteiger partial charge in [0.05, 0.1) is 18.8 Å². The van der Waals surface area contributed by atoms with Crippen molar-refractivity contribution in [2.24, 2.45) is 0 Å². The van der Waals surface area contributed by atoms with Crippen LogP contribution in [0.15, 0.2) is 42.5 Å². The van der Waals surface area contributed by atoms with E-state index in [1.807, 2.05) is 39.0 Å². The molecule has 1 atom stereocenters. The van der Waals surface area contributed by atoms with Crippen molar-refractivity contribution in [1.82, 2.24) is 5.32 Å². The first-order valence-electron chi connectivity index (χ1n) is 7.29. The molecule has 4 nitrogen and oxygen atoms in total. The van der Waals surface area contributed by atoms with Crippen molar-refractivity contribution in [3.8, 4) is 5.75 Å². The van der Waals surface area contributed by atoms with E-state index in [0.29, 0.717) is 11.4 Å². The van der Waals surface area contributed by atoms with Gasteiger partial charge in [0.25, 0.3) is 0 Å². The fourth-order valence-electron chi connectivity index (χ4n) is 2.41. The lowest BCUT2D eigenvalue weighted by Gasteiger charge is -2.18. The molecule has 2 N–H and O–H groups in total. The number of hydrogen-bond acceptors (Lipinski definition) is 2. The molecule has 0 bridgehead atoms. The lowest BCUT2D eigenvalue weighted by Crippen LogP contribution is -2.31. The summed E-state index contributed by atoms with van der Waals surface area (Å²) in [4.78, 5) is 12.2. The molecule has 1 unspecified atom stereocenters. The Labute approximate surface area is 131 Å². The molecule has 0 fully saturated rings. The van der Waals surface area contributed by atoms with Crippen LogP contribution in [-0.2, 0) is 0 Å². The molecule has 4 heteroatoms. The fourth-order valence-corrected chi connectivity index (χ4v) is 2.41. The second-order valence-electron chi connectivity index (χ2n) is 5.38. The van der Waals surface area contributed by atoms with Gasteiger partial charge in [0.1, 0.15) is 5.75 Å². The topological polar surface area (TPSA) is 50.4 Å². The molecule has 0 aromatic heterocycles. The number of hydrogen-bond donors (Lipinski definition) is 2. The molecule has 22 heavy (non-hydrogen) atoms. The number of urea groups is 1. The molecule has 0 aliphatic rings. The molecule has 0 saturated carbocycles. The highest BCUT2D eigenvalue weighted by atomic mass is 16.5. The standard InChI is InChI=1S/C18H22N2O2/c1-12-9-10-13(2)15(11-12)14(3)19-18(21)20-16-7-5-6-8-17(16)22-4/h5-11,14H,1-4H3,(H2,19,20,21). The van der Waals surface area contributed by atoms with Crippen molar-refractivity contribution in [3.63, 3.8) is 0 Å². The average Bonchev–Trinajstić information content (AvgIpc) is 2.50. The number of para-hydroxylation sites is 2. The van der Waals surface area contributed by atoms with E-state index in [0.717, 1.165) is 11.1 Å². The van der Waals surface area contributed by atoms with Gasteiger partial charge < -0.3 is 15.4 Å². The number of carbonyl (C=O) groups is 1. The molecule has 0 heterocycles. The molecule has 116 valence electrons. The largest absolute Gasteiger partial charge is 0.495 e. The number of methoxy groups -OCH3 is 1. The summed E-state index contributed by atoms with van der Waals surface area (Å²) in [5, 5.41) is 5.78. The van der Waals surface area contributed by atoms with Crippen molar-refractivity contribution in [2.75, 3.05) is 12.4 Å². The van der Waals surface area contributed by atoms with Gasteiger partial charge in [-0.1, -0.05) is 35.9 Å². The van der Waals surface area contributed by atoms with E-state index in [-0.39, 0.29) is 12.1 Å². The summed E-state index contributed by atoms with van der Waals surface area (Å²) in [5.74, 6) is 0.636. The van der Waals surface area contributed by atoms with Gasteiger partial charge in [-0.3, -0.25) is 0 Å². The summed E-state index contributed by atoms with van der Waals surface area (Å²) >= 11 is 0. The number of rotatable bonds is 4. The Morgan fingerprint density at radius 1 is 1.14 bits per heavy atom. The number of amides is 2. The summed E-state index contributed by atoms with van der Waals surface area (Å²) in [5.41, 5.74) is 4.11. The maximum Gasteiger partial charge on any atom is 0.319 e. The van der Waals surface area contributed by atoms with Crippen LogP contribution in [0.5, 0.6) is 5.75 Å². The van der Waals surface area contributed by atoms with Crippen LogP contribution in [0.4, 0.5) is 10.5 Å². The number of nitrogens with one attached hydrogen (secondary N) is 2. The first-order valence-corrected chi connectivity index (χ1v) is 7.29. The number of ether oxygens (including phenoxy) is 1. The van der Waals surface area contributed by atoms with E-state index < -0.39 is 0 Å². The van der Waals surface area contributed by atoms with Crippen LogP contribution in [0.1, 0.15) is 29.7 Å². The van der Waals surface area contributed by atoms with E-state index in [2.05, 4.69) is 28.8 Å². The third kappa shape index (κ3) is 3.79. The molecule has 2 aromatic carbocycles. The van der Waals surface area contributed by atoms with Crippen molar-refractivity contribution in [3.05, 3.63) is 59.2 Å². The van der Waals surface area contributed by atoms with Crippen LogP contribution >= 0.6 is 0 Å². The van der Waals surface area contributed by atoms with Crippen LogP contribution in [0.3, 0.4) is 0 Å². The van der Waals surface area contributed by atoms with Crippen LogP contribution in [0, 0.1) is 13.8 Å². The minimum atomic E-state index is -0.252. The lowest BCUT2D eigenvalue weighted by molar-refractivity contribution is 0.249. The van der Waals surface area contributed by atoms with E-state index in [9.17, 15) is 4.79 Å². The summed E-state index contributed by atoms with van der Waals surface area (Å²) in [6.45, 7) is 6.07. The lowest BCUT2D eigenvalue weighted by atomic mass is 10.0. The van der Waals surface area contributed by atoms with Gasteiger partial charge in [-0.15, -0.1) is 0 Å². The van der Waals surface area contributed by atoms with E-state index >= 15 is 0 Å². The molecule has 0 saturated heterocycles. The Kier molecular flexibility index (Phi) is 5.04. The monoisotopic (exact) mass is 298 g/mol. The third-order valence-electron chi connectivity index (χ3n) is 3.60. The van der Waals surface area contributed by atoms with Gasteiger partial charge >= 0.3 is 6.03 Å². The van der Waals surface area contributed by atoms with Gasteiger partial charge in [-0.05, 0) is 44.0 Å². The van der Waals surface area contributed by atoms with Crippen LogP contribution < -0.4 is 15.4 Å². The molecule has 0 aliphatic carbocycles. The number of aryl methyl sites for hydroxylation is 2. The predicted molar refractivity (Wildman–Crippen MR) is 89.5 cm³/mol. The zero-order valence-electron chi connectivity index (χ0n) is 13.4. The second kappa shape index (κ2) is 6.98. The molecule has 0 aliphatic heterocycles. The minimum Gasteiger partial charge on any atom is -0.495 e.